The van der Waals surface area contributed by atoms with Crippen molar-refractivity contribution >= 4 is 23.3 Å². The van der Waals surface area contributed by atoms with Gasteiger partial charge in [-0.3, -0.25) is 4.79 Å². The lowest BCUT2D eigenvalue weighted by atomic mass is 9.95. The summed E-state index contributed by atoms with van der Waals surface area (Å²) in [4.78, 5) is 14.8. The van der Waals surface area contributed by atoms with E-state index in [1.165, 1.54) is 5.56 Å². The maximum Gasteiger partial charge on any atom is 0.223 e. The molecule has 0 aliphatic carbocycles. The molecule has 1 aromatic heterocycles. The van der Waals surface area contributed by atoms with Crippen molar-refractivity contribution in [1.29, 1.82) is 0 Å². The smallest absolute Gasteiger partial charge is 0.223 e. The van der Waals surface area contributed by atoms with Gasteiger partial charge in [0, 0.05) is 36.1 Å². The van der Waals surface area contributed by atoms with Crippen molar-refractivity contribution in [3.63, 3.8) is 0 Å². The summed E-state index contributed by atoms with van der Waals surface area (Å²) in [6.45, 7) is 4.13. The maximum absolute atomic E-state index is 12.6. The number of nitrogens with zero attached hydrogens (tertiary/aromatic N) is 3. The van der Waals surface area contributed by atoms with Gasteiger partial charge in [0.2, 0.25) is 5.91 Å². The van der Waals surface area contributed by atoms with Crippen LogP contribution in [0.3, 0.4) is 0 Å². The highest BCUT2D eigenvalue weighted by atomic mass is 35.5. The van der Waals surface area contributed by atoms with E-state index in [1.807, 2.05) is 48.5 Å². The molecule has 6 heteroatoms. The molecule has 3 aromatic rings. The molecule has 1 saturated heterocycles. The van der Waals surface area contributed by atoms with Crippen LogP contribution in [0.5, 0.6) is 0 Å². The minimum absolute atomic E-state index is 0.0166. The summed E-state index contributed by atoms with van der Waals surface area (Å²) in [5.74, 6) is 0.973. The second kappa shape index (κ2) is 9.26. The number of carbonyl (C=O) groups excluding carboxylic acids is 1. The van der Waals surface area contributed by atoms with Crippen molar-refractivity contribution in [1.82, 2.24) is 15.5 Å². The van der Waals surface area contributed by atoms with Gasteiger partial charge in [0.15, 0.2) is 5.82 Å². The minimum atomic E-state index is 0.0166. The standard InChI is InChI=1S/C24H25ClN4O/c1-17-6-2-4-8-20(17)22-10-11-23(28-27-22)29-14-12-18(13-15-29)24(30)26-16-19-7-3-5-9-21(19)25/h2-11,18H,12-16H2,1H3,(H,26,30). The molecule has 4 rings (SSSR count). The molecule has 1 aliphatic heterocycles. The predicted molar refractivity (Wildman–Crippen MR) is 120 cm³/mol. The largest absolute Gasteiger partial charge is 0.355 e. The molecule has 0 unspecified atom stereocenters. The molecule has 1 fully saturated rings. The number of rotatable bonds is 5. The first-order chi connectivity index (χ1) is 14.6. The third-order valence-electron chi connectivity index (χ3n) is 5.67. The molecular formula is C24H25ClN4O. The Morgan fingerprint density at radius 2 is 1.77 bits per heavy atom. The minimum Gasteiger partial charge on any atom is -0.355 e. The quantitative estimate of drug-likeness (QED) is 0.653. The Labute approximate surface area is 182 Å². The molecule has 30 heavy (non-hydrogen) atoms. The molecule has 0 bridgehead atoms. The Morgan fingerprint density at radius 1 is 1.03 bits per heavy atom. The summed E-state index contributed by atoms with van der Waals surface area (Å²) in [6.07, 6.45) is 1.60. The Balaban J connectivity index is 1.31. The van der Waals surface area contributed by atoms with Crippen molar-refractivity contribution in [2.24, 2.45) is 5.92 Å². The Kier molecular flexibility index (Phi) is 6.29. The topological polar surface area (TPSA) is 58.1 Å². The van der Waals surface area contributed by atoms with Crippen molar-refractivity contribution in [2.75, 3.05) is 18.0 Å². The number of nitrogens with one attached hydrogen (secondary N) is 1. The fraction of sp³-hybridized carbons (Fsp3) is 0.292. The van der Waals surface area contributed by atoms with Crippen molar-refractivity contribution in [2.45, 2.75) is 26.3 Å². The number of carbonyl (C=O) groups is 1. The molecule has 5 nitrogen and oxygen atoms in total. The van der Waals surface area contributed by atoms with E-state index in [2.05, 4.69) is 39.5 Å². The highest BCUT2D eigenvalue weighted by Gasteiger charge is 2.25. The number of halogens is 1. The van der Waals surface area contributed by atoms with Crippen molar-refractivity contribution in [3.8, 4) is 11.3 Å². The fourth-order valence-electron chi connectivity index (χ4n) is 3.84. The van der Waals surface area contributed by atoms with Gasteiger partial charge in [-0.15, -0.1) is 10.2 Å². The van der Waals surface area contributed by atoms with E-state index in [0.29, 0.717) is 11.6 Å². The fourth-order valence-corrected chi connectivity index (χ4v) is 4.04. The number of hydrogen-bond donors (Lipinski definition) is 1. The van der Waals surface area contributed by atoms with E-state index in [1.54, 1.807) is 0 Å². The van der Waals surface area contributed by atoms with Gasteiger partial charge in [-0.25, -0.2) is 0 Å². The molecule has 0 atom stereocenters. The first kappa shape index (κ1) is 20.4. The lowest BCUT2D eigenvalue weighted by Gasteiger charge is -2.31. The zero-order valence-corrected chi connectivity index (χ0v) is 17.8. The van der Waals surface area contributed by atoms with E-state index < -0.39 is 0 Å². The lowest BCUT2D eigenvalue weighted by molar-refractivity contribution is -0.125. The Bertz CT molecular complexity index is 1010. The molecule has 1 N–H and O–H groups in total. The van der Waals surface area contributed by atoms with Crippen LogP contribution in [0, 0.1) is 12.8 Å². The van der Waals surface area contributed by atoms with Gasteiger partial charge in [0.25, 0.3) is 0 Å². The summed E-state index contributed by atoms with van der Waals surface area (Å²) in [5, 5.41) is 12.6. The van der Waals surface area contributed by atoms with E-state index >= 15 is 0 Å². The van der Waals surface area contributed by atoms with E-state index in [4.69, 9.17) is 11.6 Å². The van der Waals surface area contributed by atoms with Crippen LogP contribution in [0.4, 0.5) is 5.82 Å². The molecule has 1 aliphatic rings. The molecule has 1 amide bonds. The second-order valence-electron chi connectivity index (χ2n) is 7.66. The lowest BCUT2D eigenvalue weighted by Crippen LogP contribution is -2.40. The van der Waals surface area contributed by atoms with Gasteiger partial charge in [0.1, 0.15) is 0 Å². The third kappa shape index (κ3) is 4.62. The molecule has 0 spiro atoms. The monoisotopic (exact) mass is 420 g/mol. The summed E-state index contributed by atoms with van der Waals surface area (Å²) in [7, 11) is 0. The number of amides is 1. The van der Waals surface area contributed by atoms with Crippen LogP contribution < -0.4 is 10.2 Å². The molecule has 0 saturated carbocycles. The zero-order valence-electron chi connectivity index (χ0n) is 17.0. The van der Waals surface area contributed by atoms with Crippen molar-refractivity contribution < 1.29 is 4.79 Å². The van der Waals surface area contributed by atoms with Crippen LogP contribution in [-0.4, -0.2) is 29.2 Å². The normalized spacial score (nSPS) is 14.5. The average Bonchev–Trinajstić information content (AvgIpc) is 2.79. The molecular weight excluding hydrogens is 396 g/mol. The SMILES string of the molecule is Cc1ccccc1-c1ccc(N2CCC(C(=O)NCc3ccccc3Cl)CC2)nn1. The Morgan fingerprint density at radius 3 is 2.47 bits per heavy atom. The molecule has 154 valence electrons. The summed E-state index contributed by atoms with van der Waals surface area (Å²) < 4.78 is 0. The number of piperidine rings is 1. The zero-order chi connectivity index (χ0) is 20.9. The van der Waals surface area contributed by atoms with Gasteiger partial charge in [-0.05, 0) is 49.1 Å². The molecule has 2 aromatic carbocycles. The number of aryl methyl sites for hydroxylation is 1. The van der Waals surface area contributed by atoms with E-state index in [-0.39, 0.29) is 11.8 Å². The highest BCUT2D eigenvalue weighted by molar-refractivity contribution is 6.31. The Hall–Kier alpha value is -2.92. The van der Waals surface area contributed by atoms with Crippen LogP contribution in [0.25, 0.3) is 11.3 Å². The van der Waals surface area contributed by atoms with Gasteiger partial charge >= 0.3 is 0 Å². The summed E-state index contributed by atoms with van der Waals surface area (Å²) in [6, 6.07) is 19.8. The average molecular weight is 421 g/mol. The van der Waals surface area contributed by atoms with Crippen LogP contribution in [0.15, 0.2) is 60.7 Å². The summed E-state index contributed by atoms with van der Waals surface area (Å²) >= 11 is 6.17. The van der Waals surface area contributed by atoms with Gasteiger partial charge in [-0.2, -0.15) is 0 Å². The van der Waals surface area contributed by atoms with E-state index in [0.717, 1.165) is 48.6 Å². The number of benzene rings is 2. The van der Waals surface area contributed by atoms with Crippen LogP contribution >= 0.6 is 11.6 Å². The second-order valence-corrected chi connectivity index (χ2v) is 8.07. The number of hydrogen-bond acceptors (Lipinski definition) is 4. The number of aromatic nitrogens is 2. The maximum atomic E-state index is 12.6. The van der Waals surface area contributed by atoms with E-state index in [9.17, 15) is 4.79 Å². The van der Waals surface area contributed by atoms with Crippen LogP contribution in [0.2, 0.25) is 5.02 Å². The van der Waals surface area contributed by atoms with Gasteiger partial charge in [0.05, 0.1) is 5.69 Å². The third-order valence-corrected chi connectivity index (χ3v) is 6.04. The first-order valence-electron chi connectivity index (χ1n) is 10.3. The van der Waals surface area contributed by atoms with Gasteiger partial charge in [-0.1, -0.05) is 54.1 Å². The molecule has 0 radical (unpaired) electrons. The molecule has 2 heterocycles. The predicted octanol–water partition coefficient (Wildman–Crippen LogP) is 4.64. The summed E-state index contributed by atoms with van der Waals surface area (Å²) in [5.41, 5.74) is 4.10. The van der Waals surface area contributed by atoms with Gasteiger partial charge < -0.3 is 10.2 Å². The van der Waals surface area contributed by atoms with Crippen molar-refractivity contribution in [3.05, 3.63) is 76.8 Å². The van der Waals surface area contributed by atoms with Crippen LogP contribution in [0.1, 0.15) is 24.0 Å². The van der Waals surface area contributed by atoms with Crippen LogP contribution in [-0.2, 0) is 11.3 Å². The number of anilines is 1. The highest BCUT2D eigenvalue weighted by Crippen LogP contribution is 2.25. The first-order valence-corrected chi connectivity index (χ1v) is 10.7.